The molecular weight excluding hydrogens is 877 g/mol. The molecule has 2 aliphatic carbocycles. The van der Waals surface area contributed by atoms with E-state index >= 15 is 0 Å². The average molecular weight is 935 g/mol. The third kappa shape index (κ3) is 7.65. The number of aromatic amines is 1. The highest BCUT2D eigenvalue weighted by Crippen LogP contribution is 2.57. The molecule has 10 rings (SSSR count). The number of hydrogen-bond donors (Lipinski definition) is 10. The number of carbonyl (C=O) groups is 1. The average Bonchev–Trinajstić information content (AvgIpc) is 4.06. The van der Waals surface area contributed by atoms with Crippen LogP contribution in [0.15, 0.2) is 82.3 Å². The fourth-order valence-electron chi connectivity index (χ4n) is 11.9. The van der Waals surface area contributed by atoms with E-state index in [2.05, 4.69) is 34.7 Å². The van der Waals surface area contributed by atoms with Gasteiger partial charge in [0.1, 0.15) is 65.2 Å². The molecule has 5 heterocycles. The lowest BCUT2D eigenvalue weighted by molar-refractivity contribution is -0.380. The van der Waals surface area contributed by atoms with E-state index < -0.39 is 55.3 Å². The zero-order valence-corrected chi connectivity index (χ0v) is 38.0. The van der Waals surface area contributed by atoms with E-state index in [-0.39, 0.29) is 59.0 Å². The van der Waals surface area contributed by atoms with Crippen molar-refractivity contribution in [1.29, 1.82) is 0 Å². The number of benzene rings is 3. The van der Waals surface area contributed by atoms with E-state index in [0.717, 1.165) is 16.6 Å². The molecule has 1 spiro atoms. The fourth-order valence-corrected chi connectivity index (χ4v) is 11.9. The molecule has 11 atom stereocenters. The molecule has 10 N–H and O–H groups in total. The van der Waals surface area contributed by atoms with Gasteiger partial charge in [-0.15, -0.1) is 0 Å². The summed E-state index contributed by atoms with van der Waals surface area (Å²) in [5, 5.41) is 85.2. The first-order valence-electron chi connectivity index (χ1n) is 23.4. The van der Waals surface area contributed by atoms with Crippen molar-refractivity contribution in [3.8, 4) is 22.9 Å². The Labute approximate surface area is 390 Å². The smallest absolute Gasteiger partial charge is 0.220 e. The van der Waals surface area contributed by atoms with Gasteiger partial charge in [0.05, 0.1) is 17.5 Å². The Morgan fingerprint density at radius 2 is 1.84 bits per heavy atom. The topological polar surface area (TPSA) is 261 Å². The Morgan fingerprint density at radius 3 is 2.59 bits per heavy atom. The number of rotatable bonds is 14. The van der Waals surface area contributed by atoms with E-state index in [1.807, 2.05) is 30.1 Å². The Hall–Kier alpha value is -5.76. The zero-order chi connectivity index (χ0) is 47.8. The van der Waals surface area contributed by atoms with Gasteiger partial charge in [0.25, 0.3) is 0 Å². The standard InChI is InChI=1S/C51H58N4O13/c1-4-39-32-11-12-53-38(32)22-55(39)45-47-28(14-34-41(59)13-25(2)66-48(34)45)16-43(51(67-47)20-35(29-17-44(61)54-21-29)26-5-9-37(52-3)36(51)15-26)68-65-24-50(64,49(63)46(62)42(60)23-56)19-27-6-10-40(58)31-8-7-30(57)18-33(27)31/h5-14,18,22,26,29,35-37,42-43,46,49,52-53,56-58,60,62-64H,4,15-17,19-21,23-24H2,1-3H3,(H,54,61). The Bertz CT molecular complexity index is 3000. The molecule has 11 unspecified atom stereocenters. The van der Waals surface area contributed by atoms with Gasteiger partial charge in [-0.25, -0.2) is 9.78 Å². The number of ether oxygens (including phenoxy) is 1. The molecule has 3 aromatic carbocycles. The number of allylic oxidation sites excluding steroid dienone is 1. The van der Waals surface area contributed by atoms with Crippen LogP contribution >= 0.6 is 0 Å². The SMILES string of the molecule is CCc1c2cc[nH]c2cn1-c1c2c(cc3c(=O)cc(C)oc13)CC(OOCC(O)(Cc1ccc(O)c3ccc(O)cc13)C(O)C(O)C(O)CO)C1(CC(C3CNC(=O)C3)C3C=CC(NC)C1C3)O2. The van der Waals surface area contributed by atoms with Gasteiger partial charge in [-0.2, -0.15) is 0 Å². The molecule has 2 aliphatic heterocycles. The summed E-state index contributed by atoms with van der Waals surface area (Å²) in [5.74, 6) is 0.435. The fraction of sp³-hybridized carbons (Fsp3) is 0.451. The largest absolute Gasteiger partial charge is 0.508 e. The van der Waals surface area contributed by atoms with Crippen molar-refractivity contribution in [3.05, 3.63) is 106 Å². The number of nitrogens with zero attached hydrogens (tertiary/aromatic N) is 1. The minimum atomic E-state index is -2.43. The number of amides is 1. The number of hydrogen-bond acceptors (Lipinski definition) is 14. The van der Waals surface area contributed by atoms with Gasteiger partial charge in [0, 0.05) is 78.3 Å². The Balaban J connectivity index is 1.11. The number of phenolic OH excluding ortho intramolecular Hbond substituents is 2. The van der Waals surface area contributed by atoms with Crippen LogP contribution in [0, 0.1) is 30.6 Å². The number of likely N-dealkylation sites (N-methyl/N-ethyl adjacent to an activating group) is 1. The lowest BCUT2D eigenvalue weighted by atomic mass is 9.55. The summed E-state index contributed by atoms with van der Waals surface area (Å²) < 4.78 is 16.2. The van der Waals surface area contributed by atoms with Crippen LogP contribution in [0.1, 0.15) is 48.8 Å². The molecule has 6 aromatic rings. The molecule has 360 valence electrons. The predicted octanol–water partition coefficient (Wildman–Crippen LogP) is 3.48. The maximum atomic E-state index is 13.9. The van der Waals surface area contributed by atoms with E-state index in [4.69, 9.17) is 18.9 Å². The number of aliphatic hydroxyl groups excluding tert-OH is 4. The van der Waals surface area contributed by atoms with Crippen molar-refractivity contribution < 1.29 is 59.5 Å². The van der Waals surface area contributed by atoms with Crippen molar-refractivity contribution in [2.75, 3.05) is 26.8 Å². The number of aromatic nitrogens is 2. The van der Waals surface area contributed by atoms with Crippen LogP contribution in [-0.4, -0.2) is 120 Å². The highest BCUT2D eigenvalue weighted by Gasteiger charge is 2.61. The van der Waals surface area contributed by atoms with Crippen LogP contribution in [0.4, 0.5) is 0 Å². The molecule has 2 bridgehead atoms. The Morgan fingerprint density at radius 1 is 1.01 bits per heavy atom. The second kappa shape index (κ2) is 17.6. The third-order valence-corrected chi connectivity index (χ3v) is 15.3. The van der Waals surface area contributed by atoms with E-state index in [0.29, 0.717) is 82.3 Å². The van der Waals surface area contributed by atoms with Crippen molar-refractivity contribution in [3.63, 3.8) is 0 Å². The molecule has 2 fully saturated rings. The van der Waals surface area contributed by atoms with E-state index in [1.54, 1.807) is 13.0 Å². The normalized spacial score (nSPS) is 26.7. The van der Waals surface area contributed by atoms with Gasteiger partial charge in [-0.1, -0.05) is 25.1 Å². The molecule has 1 saturated carbocycles. The molecule has 1 saturated heterocycles. The second-order valence-corrected chi connectivity index (χ2v) is 19.3. The maximum Gasteiger partial charge on any atom is 0.220 e. The van der Waals surface area contributed by atoms with Crippen LogP contribution < -0.4 is 20.8 Å². The summed E-state index contributed by atoms with van der Waals surface area (Å²) >= 11 is 0. The minimum Gasteiger partial charge on any atom is -0.508 e. The summed E-state index contributed by atoms with van der Waals surface area (Å²) in [6, 6.07) is 12.2. The van der Waals surface area contributed by atoms with Gasteiger partial charge in [-0.05, 0) is 98.3 Å². The first-order valence-corrected chi connectivity index (χ1v) is 23.4. The molecule has 4 aliphatic rings. The summed E-state index contributed by atoms with van der Waals surface area (Å²) in [5.41, 5.74) is -0.163. The number of H-pyrrole nitrogens is 1. The highest BCUT2D eigenvalue weighted by molar-refractivity contribution is 5.93. The lowest BCUT2D eigenvalue weighted by Gasteiger charge is -2.57. The van der Waals surface area contributed by atoms with Crippen LogP contribution in [0.2, 0.25) is 0 Å². The van der Waals surface area contributed by atoms with Crippen LogP contribution in [-0.2, 0) is 33.8 Å². The quantitative estimate of drug-likeness (QED) is 0.0426. The maximum absolute atomic E-state index is 13.9. The van der Waals surface area contributed by atoms with Crippen LogP contribution in [0.3, 0.4) is 0 Å². The van der Waals surface area contributed by atoms with Gasteiger partial charge in [0.15, 0.2) is 16.8 Å². The number of phenols is 2. The molecule has 0 radical (unpaired) electrons. The van der Waals surface area contributed by atoms with Gasteiger partial charge in [-0.3, -0.25) is 9.59 Å². The minimum absolute atomic E-state index is 0.0253. The van der Waals surface area contributed by atoms with Crippen molar-refractivity contribution in [1.82, 2.24) is 20.2 Å². The first kappa shape index (κ1) is 46.0. The molecular formula is C51H58N4O13. The number of carbonyl (C=O) groups excluding carboxylic acids is 1. The molecule has 17 heteroatoms. The van der Waals surface area contributed by atoms with Crippen molar-refractivity contribution in [2.45, 2.75) is 94.0 Å². The summed E-state index contributed by atoms with van der Waals surface area (Å²) in [6.45, 7) is 2.57. The lowest BCUT2D eigenvalue weighted by Crippen LogP contribution is -2.66. The summed E-state index contributed by atoms with van der Waals surface area (Å²) in [6.07, 6.45) is 2.99. The summed E-state index contributed by atoms with van der Waals surface area (Å²) in [4.78, 5) is 42.8. The monoisotopic (exact) mass is 934 g/mol. The molecule has 3 aromatic heterocycles. The van der Waals surface area contributed by atoms with Crippen LogP contribution in [0.5, 0.6) is 17.2 Å². The number of aliphatic hydroxyl groups is 5. The van der Waals surface area contributed by atoms with Gasteiger partial charge in [0.2, 0.25) is 5.91 Å². The first-order chi connectivity index (χ1) is 32.7. The number of aromatic hydroxyl groups is 2. The zero-order valence-electron chi connectivity index (χ0n) is 38.0. The number of fused-ring (bicyclic) bond motifs is 7. The molecule has 17 nitrogen and oxygen atoms in total. The Kier molecular flexibility index (Phi) is 11.9. The second-order valence-electron chi connectivity index (χ2n) is 19.3. The predicted molar refractivity (Wildman–Crippen MR) is 250 cm³/mol. The van der Waals surface area contributed by atoms with Gasteiger partial charge >= 0.3 is 0 Å². The third-order valence-electron chi connectivity index (χ3n) is 15.3. The highest BCUT2D eigenvalue weighted by atomic mass is 17.2. The summed E-state index contributed by atoms with van der Waals surface area (Å²) in [7, 11) is 1.88. The van der Waals surface area contributed by atoms with Crippen molar-refractivity contribution >= 4 is 38.6 Å². The van der Waals surface area contributed by atoms with Gasteiger partial charge < -0.3 is 65.1 Å². The molecule has 68 heavy (non-hydrogen) atoms. The van der Waals surface area contributed by atoms with Crippen LogP contribution in [0.25, 0.3) is 38.3 Å². The van der Waals surface area contributed by atoms with E-state index in [1.165, 1.54) is 36.4 Å². The van der Waals surface area contributed by atoms with Crippen molar-refractivity contribution in [2.24, 2.45) is 23.7 Å². The molecule has 1 amide bonds. The number of aryl methyl sites for hydroxylation is 2. The number of nitrogens with one attached hydrogen (secondary N) is 3. The van der Waals surface area contributed by atoms with E-state index in [9.17, 15) is 45.3 Å².